The Bertz CT molecular complexity index is 816. The molecule has 0 bridgehead atoms. The van der Waals surface area contributed by atoms with Gasteiger partial charge in [0.25, 0.3) is 5.91 Å². The molecule has 0 radical (unpaired) electrons. The minimum Gasteiger partial charge on any atom is -0.486 e. The van der Waals surface area contributed by atoms with Crippen LogP contribution in [0.4, 0.5) is 0 Å². The molecule has 1 amide bonds. The van der Waals surface area contributed by atoms with Crippen LogP contribution in [-0.2, 0) is 20.9 Å². The van der Waals surface area contributed by atoms with Crippen LogP contribution < -0.4 is 10.1 Å². The summed E-state index contributed by atoms with van der Waals surface area (Å²) in [5, 5.41) is 2.51. The Morgan fingerprint density at radius 2 is 1.86 bits per heavy atom. The maximum Gasteiger partial charge on any atom is 0.337 e. The lowest BCUT2D eigenvalue weighted by molar-refractivity contribution is -0.144. The highest BCUT2D eigenvalue weighted by Crippen LogP contribution is 2.16. The van der Waals surface area contributed by atoms with Gasteiger partial charge in [-0.1, -0.05) is 0 Å². The molecular weight excluding hydrogens is 386 g/mol. The number of carbonyl (C=O) groups excluding carboxylic acids is 3. The third kappa shape index (κ3) is 5.78. The average molecular weight is 407 g/mol. The van der Waals surface area contributed by atoms with Gasteiger partial charge in [0.1, 0.15) is 24.2 Å². The molecule has 0 saturated heterocycles. The summed E-state index contributed by atoms with van der Waals surface area (Å²) in [6.45, 7) is 1.97. The zero-order valence-electron chi connectivity index (χ0n) is 15.5. The van der Waals surface area contributed by atoms with Crippen LogP contribution in [0, 0.1) is 0 Å². The molecule has 0 saturated carbocycles. The largest absolute Gasteiger partial charge is 0.486 e. The molecule has 150 valence electrons. The molecular formula is C19H21NO7S. The summed E-state index contributed by atoms with van der Waals surface area (Å²) in [6, 6.07) is 8.62. The number of carbonyl (C=O) groups is 3. The molecule has 0 unspecified atom stereocenters. The lowest BCUT2D eigenvalue weighted by Crippen LogP contribution is -2.43. The zero-order valence-corrected chi connectivity index (χ0v) is 16.4. The van der Waals surface area contributed by atoms with E-state index in [1.165, 1.54) is 13.2 Å². The number of nitrogens with one attached hydrogen (secondary N) is 1. The maximum absolute atomic E-state index is 12.2. The van der Waals surface area contributed by atoms with Gasteiger partial charge in [0, 0.05) is 5.75 Å². The summed E-state index contributed by atoms with van der Waals surface area (Å²) in [4.78, 5) is 35.3. The predicted molar refractivity (Wildman–Crippen MR) is 103 cm³/mol. The van der Waals surface area contributed by atoms with Gasteiger partial charge in [-0.25, -0.2) is 9.59 Å². The van der Waals surface area contributed by atoms with E-state index in [-0.39, 0.29) is 24.7 Å². The standard InChI is InChI=1S/C19H21NO7S/c1-3-25-19(23)15(11-28)20-17(21)16-9-8-14(27-16)10-26-13-6-4-12(5-7-13)18(22)24-2/h4-9,15,28H,3,10-11H2,1-2H3,(H,20,21)/t15-/m0/s1. The third-order valence-electron chi connectivity index (χ3n) is 3.60. The third-order valence-corrected chi connectivity index (χ3v) is 3.97. The molecule has 0 spiro atoms. The fraction of sp³-hybridized carbons (Fsp3) is 0.316. The molecule has 1 heterocycles. The highest BCUT2D eigenvalue weighted by Gasteiger charge is 2.22. The van der Waals surface area contributed by atoms with Crippen molar-refractivity contribution in [2.24, 2.45) is 0 Å². The summed E-state index contributed by atoms with van der Waals surface area (Å²) in [7, 11) is 1.31. The molecule has 2 rings (SSSR count). The van der Waals surface area contributed by atoms with Gasteiger partial charge in [-0.15, -0.1) is 0 Å². The van der Waals surface area contributed by atoms with Gasteiger partial charge in [-0.05, 0) is 43.3 Å². The number of hydrogen-bond donors (Lipinski definition) is 2. The molecule has 0 aliphatic carbocycles. The van der Waals surface area contributed by atoms with E-state index in [0.717, 1.165) is 0 Å². The maximum atomic E-state index is 12.2. The highest BCUT2D eigenvalue weighted by molar-refractivity contribution is 7.80. The second-order valence-corrected chi connectivity index (χ2v) is 5.90. The van der Waals surface area contributed by atoms with Crippen molar-refractivity contribution in [3.8, 4) is 5.75 Å². The second-order valence-electron chi connectivity index (χ2n) is 5.53. The van der Waals surface area contributed by atoms with Crippen molar-refractivity contribution in [1.29, 1.82) is 0 Å². The molecule has 0 aliphatic heterocycles. The zero-order chi connectivity index (χ0) is 20.5. The number of ether oxygens (including phenoxy) is 3. The van der Waals surface area contributed by atoms with E-state index < -0.39 is 23.9 Å². The van der Waals surface area contributed by atoms with Crippen LogP contribution >= 0.6 is 12.6 Å². The van der Waals surface area contributed by atoms with Crippen molar-refractivity contribution in [2.75, 3.05) is 19.5 Å². The van der Waals surface area contributed by atoms with E-state index in [1.807, 2.05) is 0 Å². The van der Waals surface area contributed by atoms with Gasteiger partial charge in [0.15, 0.2) is 5.76 Å². The van der Waals surface area contributed by atoms with E-state index in [9.17, 15) is 14.4 Å². The molecule has 28 heavy (non-hydrogen) atoms. The fourth-order valence-electron chi connectivity index (χ4n) is 2.19. The number of benzene rings is 1. The van der Waals surface area contributed by atoms with Crippen LogP contribution in [-0.4, -0.2) is 43.4 Å². The number of methoxy groups -OCH3 is 1. The Balaban J connectivity index is 1.91. The Labute approximate surface area is 167 Å². The number of esters is 2. The fourth-order valence-corrected chi connectivity index (χ4v) is 2.43. The van der Waals surface area contributed by atoms with E-state index >= 15 is 0 Å². The second kappa shape index (κ2) is 10.4. The highest BCUT2D eigenvalue weighted by atomic mass is 32.1. The number of thiol groups is 1. The Morgan fingerprint density at radius 3 is 2.46 bits per heavy atom. The van der Waals surface area contributed by atoms with Crippen molar-refractivity contribution in [1.82, 2.24) is 5.32 Å². The van der Waals surface area contributed by atoms with Gasteiger partial charge >= 0.3 is 11.9 Å². The molecule has 1 N–H and O–H groups in total. The molecule has 0 aliphatic rings. The topological polar surface area (TPSA) is 104 Å². The number of amides is 1. The molecule has 1 aromatic carbocycles. The van der Waals surface area contributed by atoms with Crippen LogP contribution in [0.25, 0.3) is 0 Å². The van der Waals surface area contributed by atoms with Crippen LogP contribution in [0.5, 0.6) is 5.75 Å². The van der Waals surface area contributed by atoms with Gasteiger partial charge in [-0.2, -0.15) is 12.6 Å². The number of rotatable bonds is 9. The number of hydrogen-bond acceptors (Lipinski definition) is 8. The first-order chi connectivity index (χ1) is 13.5. The smallest absolute Gasteiger partial charge is 0.337 e. The molecule has 1 aromatic heterocycles. The first kappa shape index (κ1) is 21.4. The minimum absolute atomic E-state index is 0.0377. The normalized spacial score (nSPS) is 11.4. The lowest BCUT2D eigenvalue weighted by Gasteiger charge is -2.13. The van der Waals surface area contributed by atoms with Gasteiger partial charge in [0.2, 0.25) is 0 Å². The average Bonchev–Trinajstić information content (AvgIpc) is 3.19. The molecule has 2 aromatic rings. The van der Waals surface area contributed by atoms with Crippen LogP contribution in [0.1, 0.15) is 33.6 Å². The molecule has 8 nitrogen and oxygen atoms in total. The SMILES string of the molecule is CCOC(=O)[C@H](CS)NC(=O)c1ccc(COc2ccc(C(=O)OC)cc2)o1. The quantitative estimate of drug-likeness (QED) is 0.485. The molecule has 9 heteroatoms. The van der Waals surface area contributed by atoms with Crippen molar-refractivity contribution >= 4 is 30.5 Å². The Morgan fingerprint density at radius 1 is 1.14 bits per heavy atom. The van der Waals surface area contributed by atoms with Crippen molar-refractivity contribution in [3.63, 3.8) is 0 Å². The molecule has 0 fully saturated rings. The van der Waals surface area contributed by atoms with Crippen molar-refractivity contribution in [2.45, 2.75) is 19.6 Å². The van der Waals surface area contributed by atoms with E-state index in [1.54, 1.807) is 37.3 Å². The summed E-state index contributed by atoms with van der Waals surface area (Å²) in [5.74, 6) is -0.472. The minimum atomic E-state index is -0.867. The molecule has 1 atom stereocenters. The van der Waals surface area contributed by atoms with E-state index in [4.69, 9.17) is 13.9 Å². The monoisotopic (exact) mass is 407 g/mol. The van der Waals surface area contributed by atoms with Crippen LogP contribution in [0.15, 0.2) is 40.8 Å². The first-order valence-corrected chi connectivity index (χ1v) is 9.10. The van der Waals surface area contributed by atoms with E-state index in [0.29, 0.717) is 17.1 Å². The van der Waals surface area contributed by atoms with Crippen molar-refractivity contribution in [3.05, 3.63) is 53.5 Å². The predicted octanol–water partition coefficient (Wildman–Crippen LogP) is 2.24. The Kier molecular flexibility index (Phi) is 7.94. The van der Waals surface area contributed by atoms with E-state index in [2.05, 4.69) is 22.7 Å². The summed E-state index contributed by atoms with van der Waals surface area (Å²) in [6.07, 6.45) is 0. The van der Waals surface area contributed by atoms with Crippen LogP contribution in [0.3, 0.4) is 0 Å². The van der Waals surface area contributed by atoms with Crippen LogP contribution in [0.2, 0.25) is 0 Å². The Hall–Kier alpha value is -2.94. The van der Waals surface area contributed by atoms with Gasteiger partial charge < -0.3 is 23.9 Å². The summed E-state index contributed by atoms with van der Waals surface area (Å²) in [5.41, 5.74) is 0.409. The van der Waals surface area contributed by atoms with Gasteiger partial charge in [-0.3, -0.25) is 4.79 Å². The van der Waals surface area contributed by atoms with Crippen molar-refractivity contribution < 1.29 is 33.0 Å². The summed E-state index contributed by atoms with van der Waals surface area (Å²) >= 11 is 4.04. The lowest BCUT2D eigenvalue weighted by atomic mass is 10.2. The first-order valence-electron chi connectivity index (χ1n) is 8.46. The summed E-state index contributed by atoms with van der Waals surface area (Å²) < 4.78 is 20.5. The number of furan rings is 1. The van der Waals surface area contributed by atoms with Gasteiger partial charge in [0.05, 0.1) is 19.3 Å².